The lowest BCUT2D eigenvalue weighted by Crippen LogP contribution is -2.39. The molecule has 2 amide bonds. The van der Waals surface area contributed by atoms with Gasteiger partial charge in [-0.1, -0.05) is 49.9 Å². The molecule has 0 saturated carbocycles. The minimum atomic E-state index is -1.12. The molecule has 0 aliphatic heterocycles. The number of methoxy groups -OCH3 is 1. The predicted octanol–water partition coefficient (Wildman–Crippen LogP) is 3.77. The van der Waals surface area contributed by atoms with Gasteiger partial charge in [0.05, 0.1) is 13.5 Å². The number of H-pyrrole nitrogens is 1. The molecule has 1 unspecified atom stereocenters. The van der Waals surface area contributed by atoms with Gasteiger partial charge in [0.1, 0.15) is 0 Å². The number of para-hydroxylation sites is 1. The van der Waals surface area contributed by atoms with Crippen molar-refractivity contribution >= 4 is 39.5 Å². The molecule has 0 bridgehead atoms. The maximum atomic E-state index is 13.6. The number of hydrogen-bond donors (Lipinski definition) is 1. The third kappa shape index (κ3) is 5.88. The Kier molecular flexibility index (Phi) is 8.54. The molecule has 3 rings (SSSR count). The predicted molar refractivity (Wildman–Crippen MR) is 133 cm³/mol. The lowest BCUT2D eigenvalue weighted by molar-refractivity contribution is -0.138. The number of hydrogen-bond acceptors (Lipinski definition) is 5. The minimum Gasteiger partial charge on any atom is -0.466 e. The van der Waals surface area contributed by atoms with Crippen molar-refractivity contribution in [1.82, 2.24) is 9.88 Å². The third-order valence-electron chi connectivity index (χ3n) is 5.55. The van der Waals surface area contributed by atoms with E-state index >= 15 is 0 Å². The number of aromatic nitrogens is 1. The van der Waals surface area contributed by atoms with Crippen molar-refractivity contribution < 1.29 is 23.3 Å². The summed E-state index contributed by atoms with van der Waals surface area (Å²) < 4.78 is 16.8. The molecule has 1 aromatic heterocycles. The first-order valence-corrected chi connectivity index (χ1v) is 12.4. The number of nitrogens with one attached hydrogen (secondary N) is 1. The Balaban J connectivity index is 1.90. The molecular formula is C26H28N2O5S. The number of rotatable bonds is 10. The fraction of sp³-hybridized carbons (Fsp3) is 0.269. The van der Waals surface area contributed by atoms with Crippen LogP contribution in [0.4, 0.5) is 0 Å². The van der Waals surface area contributed by atoms with Gasteiger partial charge in [0.15, 0.2) is 0 Å². The molecule has 178 valence electrons. The van der Waals surface area contributed by atoms with Crippen LogP contribution in [0.1, 0.15) is 34.8 Å². The van der Waals surface area contributed by atoms with Crippen LogP contribution in [-0.4, -0.2) is 51.3 Å². The van der Waals surface area contributed by atoms with Crippen LogP contribution in [0.5, 0.6) is 0 Å². The van der Waals surface area contributed by atoms with E-state index in [1.807, 2.05) is 37.4 Å². The standard InChI is InChI=1S/C26H28N2O5S/c1-4-34(32)17-20-9-5-6-11-22(20)25(30)28(24(29)15-18(2)26(31)33-3)14-13-19-16-27-23-12-8-7-10-21(19)23/h5-12,16,27H,2,4,13-15,17H2,1,3H3. The van der Waals surface area contributed by atoms with Crippen molar-refractivity contribution in [2.75, 3.05) is 19.4 Å². The second-order valence-corrected chi connectivity index (χ2v) is 9.51. The first kappa shape index (κ1) is 25.1. The SMILES string of the molecule is C=C(CC(=O)N(CCc1c[nH]c2ccccc12)C(=O)c1ccccc1CS(=O)CC)C(=O)OC. The number of carbonyl (C=O) groups excluding carboxylic acids is 3. The molecule has 3 aromatic rings. The third-order valence-corrected chi connectivity index (χ3v) is 6.83. The quantitative estimate of drug-likeness (QED) is 0.352. The largest absolute Gasteiger partial charge is 0.466 e. The van der Waals surface area contributed by atoms with Crippen LogP contribution in [0.15, 0.2) is 66.9 Å². The Morgan fingerprint density at radius 2 is 1.76 bits per heavy atom. The van der Waals surface area contributed by atoms with Crippen LogP contribution in [0.2, 0.25) is 0 Å². The zero-order valence-electron chi connectivity index (χ0n) is 19.3. The van der Waals surface area contributed by atoms with Crippen molar-refractivity contribution in [3.63, 3.8) is 0 Å². The summed E-state index contributed by atoms with van der Waals surface area (Å²) in [5.41, 5.74) is 2.84. The fourth-order valence-corrected chi connectivity index (χ4v) is 4.48. The Hall–Kier alpha value is -3.52. The summed E-state index contributed by atoms with van der Waals surface area (Å²) in [7, 11) is 0.0862. The van der Waals surface area contributed by atoms with E-state index in [0.717, 1.165) is 21.4 Å². The molecule has 1 heterocycles. The Morgan fingerprint density at radius 3 is 2.50 bits per heavy atom. The number of amides is 2. The zero-order valence-corrected chi connectivity index (χ0v) is 20.2. The first-order chi connectivity index (χ1) is 16.3. The molecule has 1 N–H and O–H groups in total. The van der Waals surface area contributed by atoms with E-state index in [9.17, 15) is 18.6 Å². The van der Waals surface area contributed by atoms with E-state index in [2.05, 4.69) is 16.3 Å². The first-order valence-electron chi connectivity index (χ1n) is 10.9. The molecular weight excluding hydrogens is 452 g/mol. The van der Waals surface area contributed by atoms with Crippen molar-refractivity contribution in [2.45, 2.75) is 25.5 Å². The van der Waals surface area contributed by atoms with Crippen molar-refractivity contribution in [1.29, 1.82) is 0 Å². The average Bonchev–Trinajstić information content (AvgIpc) is 3.26. The summed E-state index contributed by atoms with van der Waals surface area (Å²) in [5, 5.41) is 1.01. The average molecular weight is 481 g/mol. The number of ether oxygens (including phenoxy) is 1. The highest BCUT2D eigenvalue weighted by Crippen LogP contribution is 2.21. The number of aromatic amines is 1. The van der Waals surface area contributed by atoms with Gasteiger partial charge in [0.25, 0.3) is 5.91 Å². The molecule has 0 aliphatic rings. The van der Waals surface area contributed by atoms with Gasteiger partial charge in [-0.2, -0.15) is 0 Å². The van der Waals surface area contributed by atoms with Crippen LogP contribution >= 0.6 is 0 Å². The maximum absolute atomic E-state index is 13.6. The number of imide groups is 1. The summed E-state index contributed by atoms with van der Waals surface area (Å²) >= 11 is 0. The van der Waals surface area contributed by atoms with Gasteiger partial charge >= 0.3 is 5.97 Å². The smallest absolute Gasteiger partial charge is 0.333 e. The van der Waals surface area contributed by atoms with E-state index in [0.29, 0.717) is 23.3 Å². The highest BCUT2D eigenvalue weighted by Gasteiger charge is 2.27. The second kappa shape index (κ2) is 11.6. The maximum Gasteiger partial charge on any atom is 0.333 e. The molecule has 0 saturated heterocycles. The summed E-state index contributed by atoms with van der Waals surface area (Å²) in [6.45, 7) is 5.55. The van der Waals surface area contributed by atoms with Gasteiger partial charge < -0.3 is 9.72 Å². The van der Waals surface area contributed by atoms with Gasteiger partial charge in [-0.05, 0) is 29.7 Å². The molecule has 8 heteroatoms. The molecule has 0 fully saturated rings. The van der Waals surface area contributed by atoms with E-state index < -0.39 is 28.6 Å². The van der Waals surface area contributed by atoms with E-state index in [1.54, 1.807) is 24.3 Å². The van der Waals surface area contributed by atoms with Crippen molar-refractivity contribution in [3.8, 4) is 0 Å². The monoisotopic (exact) mass is 480 g/mol. The number of nitrogens with zero attached hydrogens (tertiary/aromatic N) is 1. The van der Waals surface area contributed by atoms with E-state index in [4.69, 9.17) is 0 Å². The highest BCUT2D eigenvalue weighted by molar-refractivity contribution is 7.84. The lowest BCUT2D eigenvalue weighted by Gasteiger charge is -2.22. The van der Waals surface area contributed by atoms with Gasteiger partial charge in [-0.15, -0.1) is 0 Å². The van der Waals surface area contributed by atoms with Gasteiger partial charge in [0, 0.05) is 57.1 Å². The molecule has 2 aromatic carbocycles. The summed E-state index contributed by atoms with van der Waals surface area (Å²) in [4.78, 5) is 42.9. The number of fused-ring (bicyclic) bond motifs is 1. The second-order valence-electron chi connectivity index (χ2n) is 7.76. The Bertz CT molecular complexity index is 1250. The summed E-state index contributed by atoms with van der Waals surface area (Å²) in [6.07, 6.45) is 1.95. The molecule has 0 radical (unpaired) electrons. The minimum absolute atomic E-state index is 0.0298. The fourth-order valence-electron chi connectivity index (χ4n) is 3.68. The normalized spacial score (nSPS) is 11.7. The van der Waals surface area contributed by atoms with Gasteiger partial charge in [-0.25, -0.2) is 4.79 Å². The van der Waals surface area contributed by atoms with Crippen molar-refractivity contribution in [3.05, 3.63) is 83.6 Å². The van der Waals surface area contributed by atoms with Crippen LogP contribution < -0.4 is 0 Å². The van der Waals surface area contributed by atoms with Crippen LogP contribution in [0.25, 0.3) is 10.9 Å². The molecule has 1 atom stereocenters. The molecule has 0 aliphatic carbocycles. The zero-order chi connectivity index (χ0) is 24.7. The Morgan fingerprint density at radius 1 is 1.06 bits per heavy atom. The van der Waals surface area contributed by atoms with Crippen LogP contribution in [0.3, 0.4) is 0 Å². The van der Waals surface area contributed by atoms with Gasteiger partial charge in [0.2, 0.25) is 5.91 Å². The van der Waals surface area contributed by atoms with Crippen LogP contribution in [-0.2, 0) is 37.3 Å². The molecule has 0 spiro atoms. The van der Waals surface area contributed by atoms with Gasteiger partial charge in [-0.3, -0.25) is 18.7 Å². The highest BCUT2D eigenvalue weighted by atomic mass is 32.2. The number of carbonyl (C=O) groups is 3. The molecule has 7 nitrogen and oxygen atoms in total. The number of benzene rings is 2. The molecule has 34 heavy (non-hydrogen) atoms. The van der Waals surface area contributed by atoms with E-state index in [1.165, 1.54) is 7.11 Å². The topological polar surface area (TPSA) is 96.5 Å². The summed E-state index contributed by atoms with van der Waals surface area (Å²) in [6, 6.07) is 14.6. The number of esters is 1. The Labute approximate surface area is 201 Å². The van der Waals surface area contributed by atoms with E-state index in [-0.39, 0.29) is 24.3 Å². The summed E-state index contributed by atoms with van der Waals surface area (Å²) in [5.74, 6) is -1.06. The van der Waals surface area contributed by atoms with Crippen LogP contribution in [0, 0.1) is 0 Å². The lowest BCUT2D eigenvalue weighted by atomic mass is 10.1. The van der Waals surface area contributed by atoms with Crippen molar-refractivity contribution in [2.24, 2.45) is 0 Å².